The lowest BCUT2D eigenvalue weighted by molar-refractivity contribution is -0.149. The van der Waals surface area contributed by atoms with Crippen molar-refractivity contribution < 1.29 is 47.4 Å². The van der Waals surface area contributed by atoms with Gasteiger partial charge in [-0.3, -0.25) is 19.8 Å². The zero-order valence-corrected chi connectivity index (χ0v) is 25.9. The standard InChI is InChI=1S/C22H28B2ClN5O10S2/c1-5-11(18(33)38-23)40-29-12(10-7-41-20(26-10)28-21(35)37-22(2,3)4)15(31)27-13-16(32)30-14(19(34)39-24)9(6-25)8-42(36)17(13)30/h7,11,13,17H,5-6,8,23-24H2,1-4H3,(H,27,31)(H,26,28,35)/b29-12-/t11-,13+,17+,42?/m0/s1. The van der Waals surface area contributed by atoms with Crippen molar-refractivity contribution in [3.8, 4) is 0 Å². The first-order valence-electron chi connectivity index (χ1n) is 12.4. The van der Waals surface area contributed by atoms with Crippen molar-refractivity contribution in [1.82, 2.24) is 15.2 Å². The number of hydrogen-bond donors (Lipinski definition) is 2. The summed E-state index contributed by atoms with van der Waals surface area (Å²) >= 11 is 5.14. The lowest BCUT2D eigenvalue weighted by atomic mass is 10.0. The highest BCUT2D eigenvalue weighted by molar-refractivity contribution is 7.92. The number of ether oxygens (including phenoxy) is 1. The minimum Gasteiger partial charge on any atom is -0.614 e. The quantitative estimate of drug-likeness (QED) is 0.0799. The molecule has 0 saturated carbocycles. The number of anilines is 1. The van der Waals surface area contributed by atoms with Crippen LogP contribution in [0, 0.1) is 0 Å². The molecular weight excluding hydrogens is 615 g/mol. The van der Waals surface area contributed by atoms with Crippen molar-refractivity contribution in [2.75, 3.05) is 16.9 Å². The topological polar surface area (TPSA) is 198 Å². The van der Waals surface area contributed by atoms with Gasteiger partial charge >= 0.3 is 34.1 Å². The van der Waals surface area contributed by atoms with E-state index in [4.69, 9.17) is 25.8 Å². The molecule has 3 rings (SSSR count). The molecule has 1 saturated heterocycles. The minimum atomic E-state index is -1.72. The number of hydrogen-bond acceptors (Lipinski definition) is 13. The van der Waals surface area contributed by atoms with Gasteiger partial charge in [0.2, 0.25) is 11.5 Å². The van der Waals surface area contributed by atoms with Crippen molar-refractivity contribution in [3.63, 3.8) is 0 Å². The molecule has 2 aliphatic rings. The number of oxime groups is 1. The van der Waals surface area contributed by atoms with Gasteiger partial charge in [-0.25, -0.2) is 19.4 Å². The Bertz CT molecular complexity index is 1320. The number of fused-ring (bicyclic) bond motifs is 1. The minimum absolute atomic E-state index is 0.0560. The van der Waals surface area contributed by atoms with Crippen molar-refractivity contribution in [3.05, 3.63) is 22.3 Å². The second-order valence-electron chi connectivity index (χ2n) is 9.78. The lowest BCUT2D eigenvalue weighted by Gasteiger charge is -2.49. The van der Waals surface area contributed by atoms with Gasteiger partial charge in [0.25, 0.3) is 11.8 Å². The van der Waals surface area contributed by atoms with Crippen LogP contribution >= 0.6 is 22.9 Å². The van der Waals surface area contributed by atoms with E-state index in [-0.39, 0.29) is 40.1 Å². The number of carbonyl (C=O) groups is 5. The van der Waals surface area contributed by atoms with Crippen LogP contribution in [0.3, 0.4) is 0 Å². The average molecular weight is 644 g/mol. The largest absolute Gasteiger partial charge is 0.614 e. The Morgan fingerprint density at radius 2 is 2.00 bits per heavy atom. The molecule has 4 atom stereocenters. The second kappa shape index (κ2) is 13.8. The Morgan fingerprint density at radius 3 is 2.57 bits per heavy atom. The zero-order chi connectivity index (χ0) is 31.4. The van der Waals surface area contributed by atoms with Crippen molar-refractivity contribution >= 4 is 90.9 Å². The number of rotatable bonds is 10. The summed E-state index contributed by atoms with van der Waals surface area (Å²) in [6.45, 7) is 6.67. The van der Waals surface area contributed by atoms with Crippen molar-refractivity contribution in [2.45, 2.75) is 57.2 Å². The maximum atomic E-state index is 13.4. The average Bonchev–Trinajstić information content (AvgIpc) is 3.38. The fourth-order valence-corrected chi connectivity index (χ4v) is 6.52. The number of thiazole rings is 1. The van der Waals surface area contributed by atoms with Gasteiger partial charge in [-0.1, -0.05) is 12.1 Å². The van der Waals surface area contributed by atoms with Crippen LogP contribution < -0.4 is 10.6 Å². The predicted molar refractivity (Wildman–Crippen MR) is 156 cm³/mol. The first-order valence-corrected chi connectivity index (χ1v) is 15.2. The molecule has 1 aromatic rings. The van der Waals surface area contributed by atoms with Gasteiger partial charge in [0, 0.05) is 11.0 Å². The number of nitrogens with zero attached hydrogens (tertiary/aromatic N) is 3. The maximum Gasteiger partial charge on any atom is 0.413 e. The van der Waals surface area contributed by atoms with E-state index in [0.717, 1.165) is 32.3 Å². The van der Waals surface area contributed by atoms with E-state index in [2.05, 4.69) is 25.4 Å². The molecule has 1 fully saturated rings. The van der Waals surface area contributed by atoms with Gasteiger partial charge in [0.05, 0.1) is 5.88 Å². The first kappa shape index (κ1) is 33.2. The molecule has 42 heavy (non-hydrogen) atoms. The van der Waals surface area contributed by atoms with Crippen LogP contribution in [0.4, 0.5) is 9.93 Å². The number of amides is 3. The highest BCUT2D eigenvalue weighted by atomic mass is 35.5. The van der Waals surface area contributed by atoms with E-state index in [1.54, 1.807) is 27.7 Å². The molecule has 20 heteroatoms. The van der Waals surface area contributed by atoms with Gasteiger partial charge in [0.1, 0.15) is 22.7 Å². The van der Waals surface area contributed by atoms with Crippen LogP contribution in [0.5, 0.6) is 0 Å². The van der Waals surface area contributed by atoms with Gasteiger partial charge in [-0.2, -0.15) is 0 Å². The molecule has 0 aromatic carbocycles. The van der Waals surface area contributed by atoms with Gasteiger partial charge in [0.15, 0.2) is 16.9 Å². The molecule has 1 aromatic heterocycles. The van der Waals surface area contributed by atoms with Gasteiger partial charge in [-0.05, 0) is 38.4 Å². The number of halogens is 1. The maximum absolute atomic E-state index is 13.4. The fraction of sp³-hybridized carbons (Fsp3) is 0.500. The third-order valence-electron chi connectivity index (χ3n) is 5.71. The van der Waals surface area contributed by atoms with E-state index in [9.17, 15) is 28.5 Å². The summed E-state index contributed by atoms with van der Waals surface area (Å²) in [4.78, 5) is 73.6. The van der Waals surface area contributed by atoms with Crippen LogP contribution in [-0.2, 0) is 49.2 Å². The predicted octanol–water partition coefficient (Wildman–Crippen LogP) is -0.920. The number of alkyl halides is 1. The summed E-state index contributed by atoms with van der Waals surface area (Å²) in [7, 11) is 2.29. The Hall–Kier alpha value is -3.28. The van der Waals surface area contributed by atoms with Crippen LogP contribution in [0.25, 0.3) is 0 Å². The second-order valence-corrected chi connectivity index (χ2v) is 12.4. The van der Waals surface area contributed by atoms with E-state index in [1.165, 1.54) is 5.38 Å². The van der Waals surface area contributed by atoms with Crippen LogP contribution in [0.1, 0.15) is 39.8 Å². The smallest absolute Gasteiger partial charge is 0.413 e. The van der Waals surface area contributed by atoms with Gasteiger partial charge in [-0.15, -0.1) is 22.9 Å². The Balaban J connectivity index is 1.88. The number of aromatic nitrogens is 1. The molecule has 0 bridgehead atoms. The number of nitrogens with one attached hydrogen (secondary N) is 2. The summed E-state index contributed by atoms with van der Waals surface area (Å²) in [5.74, 6) is -3.53. The molecule has 15 nitrogen and oxygen atoms in total. The van der Waals surface area contributed by atoms with E-state index in [1.807, 2.05) is 0 Å². The number of β-lactam (4-membered cyclic amide) rings is 1. The molecular formula is C22H28B2ClN5O10S2. The van der Waals surface area contributed by atoms with Crippen molar-refractivity contribution in [1.29, 1.82) is 0 Å². The Kier molecular flexibility index (Phi) is 10.9. The Labute approximate surface area is 254 Å². The van der Waals surface area contributed by atoms with Crippen LogP contribution in [0.15, 0.2) is 21.8 Å². The summed E-state index contributed by atoms with van der Waals surface area (Å²) in [6, 6.07) is -1.30. The monoisotopic (exact) mass is 643 g/mol. The molecule has 3 heterocycles. The van der Waals surface area contributed by atoms with Crippen LogP contribution in [-0.4, -0.2) is 101 Å². The molecule has 1 unspecified atom stereocenters. The summed E-state index contributed by atoms with van der Waals surface area (Å²) in [6.07, 6.45) is -1.80. The molecule has 0 spiro atoms. The SMILES string of the molecule is BOC(=O)C1=C(CCl)C[S+]([O-])[C@@H]2[C@H](NC(=O)/C(=N\O[C@@H](CC)C(=O)OB)c3csc(NC(=O)OC(C)(C)C)n3)C(=O)N12. The zero-order valence-electron chi connectivity index (χ0n) is 23.5. The summed E-state index contributed by atoms with van der Waals surface area (Å²) in [5, 5.41) is 9.10. The number of carbonyl (C=O) groups excluding carboxylic acids is 5. The third-order valence-corrected chi connectivity index (χ3v) is 8.44. The molecule has 3 amide bonds. The van der Waals surface area contributed by atoms with Crippen molar-refractivity contribution in [2.24, 2.45) is 5.16 Å². The normalized spacial score (nSPS) is 21.0. The third kappa shape index (κ3) is 7.37. The van der Waals surface area contributed by atoms with E-state index >= 15 is 0 Å². The first-order chi connectivity index (χ1) is 19.8. The molecule has 226 valence electrons. The molecule has 2 N–H and O–H groups in total. The molecule has 0 radical (unpaired) electrons. The highest BCUT2D eigenvalue weighted by Crippen LogP contribution is 2.37. The Morgan fingerprint density at radius 1 is 1.31 bits per heavy atom. The summed E-state index contributed by atoms with van der Waals surface area (Å²) < 4.78 is 27.6. The van der Waals surface area contributed by atoms with Crippen LogP contribution in [0.2, 0.25) is 0 Å². The fourth-order valence-electron chi connectivity index (χ4n) is 3.82. The van der Waals surface area contributed by atoms with Gasteiger partial charge < -0.3 is 28.8 Å². The van der Waals surface area contributed by atoms with E-state index in [0.29, 0.717) is 0 Å². The molecule has 2 aliphatic heterocycles. The summed E-state index contributed by atoms with van der Waals surface area (Å²) in [5.41, 5.74) is -1.15. The lowest BCUT2D eigenvalue weighted by Crippen LogP contribution is -2.75. The highest BCUT2D eigenvalue weighted by Gasteiger charge is 2.61. The molecule has 0 aliphatic carbocycles. The van der Waals surface area contributed by atoms with E-state index < -0.39 is 69.9 Å².